The summed E-state index contributed by atoms with van der Waals surface area (Å²) < 4.78 is 44.8. The quantitative estimate of drug-likeness (QED) is 0.763. The highest BCUT2D eigenvalue weighted by atomic mass is 19.4. The van der Waals surface area contributed by atoms with Gasteiger partial charge < -0.3 is 4.74 Å². The Morgan fingerprint density at radius 2 is 1.45 bits per heavy atom. The Balaban J connectivity index is 3.52. The van der Waals surface area contributed by atoms with Crippen LogP contribution in [0.15, 0.2) is 18.2 Å². The highest BCUT2D eigenvalue weighted by molar-refractivity contribution is 5.37. The van der Waals surface area contributed by atoms with E-state index in [4.69, 9.17) is 4.74 Å². The summed E-state index contributed by atoms with van der Waals surface area (Å²) in [5.41, 5.74) is -0.547. The average Bonchev–Trinajstić information content (AvgIpc) is 2.34. The largest absolute Gasteiger partial charge is 0.421 e. The molecule has 0 saturated heterocycles. The fourth-order valence-electron chi connectivity index (χ4n) is 2.00. The second-order valence-corrected chi connectivity index (χ2v) is 6.26. The van der Waals surface area contributed by atoms with Crippen molar-refractivity contribution in [3.8, 4) is 0 Å². The molecule has 0 bridgehead atoms. The molecule has 20 heavy (non-hydrogen) atoms. The third-order valence-corrected chi connectivity index (χ3v) is 3.77. The molecule has 0 aliphatic rings. The van der Waals surface area contributed by atoms with Gasteiger partial charge >= 0.3 is 6.18 Å². The zero-order valence-electron chi connectivity index (χ0n) is 13.0. The van der Waals surface area contributed by atoms with Gasteiger partial charge in [0.25, 0.3) is 0 Å². The number of aryl methyl sites for hydroxylation is 1. The summed E-state index contributed by atoms with van der Waals surface area (Å²) in [4.78, 5) is 0. The van der Waals surface area contributed by atoms with Crippen LogP contribution in [0.25, 0.3) is 0 Å². The molecular formula is C16H23F3O. The Labute approximate surface area is 119 Å². The number of halogens is 3. The van der Waals surface area contributed by atoms with Crippen molar-refractivity contribution >= 4 is 0 Å². The first-order valence-electron chi connectivity index (χ1n) is 6.72. The Kier molecular flexibility index (Phi) is 4.59. The minimum Gasteiger partial charge on any atom is -0.364 e. The molecule has 1 atom stereocenters. The molecule has 0 heterocycles. The minimum atomic E-state index is -4.46. The van der Waals surface area contributed by atoms with Gasteiger partial charge in [0.15, 0.2) is 5.60 Å². The molecule has 1 nitrogen and oxygen atoms in total. The normalized spacial score (nSPS) is 16.1. The van der Waals surface area contributed by atoms with Crippen molar-refractivity contribution in [1.29, 1.82) is 0 Å². The number of alkyl halides is 3. The lowest BCUT2D eigenvalue weighted by Gasteiger charge is -2.33. The third-order valence-electron chi connectivity index (χ3n) is 3.77. The van der Waals surface area contributed by atoms with Gasteiger partial charge in [0, 0.05) is 7.11 Å². The molecule has 1 aromatic rings. The van der Waals surface area contributed by atoms with E-state index < -0.39 is 11.8 Å². The van der Waals surface area contributed by atoms with Gasteiger partial charge in [-0.05, 0) is 35.4 Å². The number of hydrogen-bond acceptors (Lipinski definition) is 1. The molecule has 1 rings (SSSR count). The number of hydrogen-bond donors (Lipinski definition) is 0. The molecule has 1 unspecified atom stereocenters. The lowest BCUT2D eigenvalue weighted by molar-refractivity contribution is -0.269. The van der Waals surface area contributed by atoms with E-state index in [2.05, 4.69) is 0 Å². The van der Waals surface area contributed by atoms with Gasteiger partial charge in [-0.3, -0.25) is 0 Å². The summed E-state index contributed by atoms with van der Waals surface area (Å²) in [7, 11) is 1.10. The summed E-state index contributed by atoms with van der Waals surface area (Å²) in [6.07, 6.45) is -3.77. The van der Waals surface area contributed by atoms with Crippen LogP contribution < -0.4 is 0 Å². The average molecular weight is 288 g/mol. The fourth-order valence-corrected chi connectivity index (χ4v) is 2.00. The Morgan fingerprint density at radius 3 is 1.80 bits per heavy atom. The number of benzene rings is 1. The molecule has 114 valence electrons. The van der Waals surface area contributed by atoms with E-state index in [1.807, 2.05) is 33.8 Å². The lowest BCUT2D eigenvalue weighted by atomic mass is 9.82. The van der Waals surface area contributed by atoms with Crippen molar-refractivity contribution in [2.45, 2.75) is 58.2 Å². The molecular weight excluding hydrogens is 265 g/mol. The minimum absolute atomic E-state index is 0.164. The maximum absolute atomic E-state index is 13.3. The zero-order chi connectivity index (χ0) is 15.8. The van der Waals surface area contributed by atoms with Crippen LogP contribution >= 0.6 is 0 Å². The number of methoxy groups -OCH3 is 1. The van der Waals surface area contributed by atoms with Crippen LogP contribution in [0.3, 0.4) is 0 Å². The summed E-state index contributed by atoms with van der Waals surface area (Å²) >= 11 is 0. The maximum Gasteiger partial charge on any atom is 0.421 e. The van der Waals surface area contributed by atoms with E-state index in [0.717, 1.165) is 25.2 Å². The van der Waals surface area contributed by atoms with E-state index in [9.17, 15) is 13.2 Å². The maximum atomic E-state index is 13.3. The Morgan fingerprint density at radius 1 is 0.950 bits per heavy atom. The first kappa shape index (κ1) is 17.0. The molecule has 0 aliphatic heterocycles. The lowest BCUT2D eigenvalue weighted by Crippen LogP contribution is -2.41. The molecule has 0 N–H and O–H groups in total. The van der Waals surface area contributed by atoms with Crippen LogP contribution in [0, 0.1) is 0 Å². The van der Waals surface area contributed by atoms with Crippen LogP contribution in [-0.4, -0.2) is 13.3 Å². The van der Waals surface area contributed by atoms with Gasteiger partial charge in [-0.1, -0.05) is 45.9 Å². The van der Waals surface area contributed by atoms with E-state index in [0.29, 0.717) is 6.42 Å². The molecule has 0 aliphatic carbocycles. The second kappa shape index (κ2) is 5.40. The van der Waals surface area contributed by atoms with Gasteiger partial charge in [0.2, 0.25) is 0 Å². The summed E-state index contributed by atoms with van der Waals surface area (Å²) in [6.45, 7) is 8.98. The van der Waals surface area contributed by atoms with E-state index in [-0.39, 0.29) is 11.0 Å². The smallest absolute Gasteiger partial charge is 0.364 e. The van der Waals surface area contributed by atoms with Gasteiger partial charge in [-0.2, -0.15) is 13.2 Å². The van der Waals surface area contributed by atoms with Crippen LogP contribution in [-0.2, 0) is 22.2 Å². The highest BCUT2D eigenvalue weighted by Gasteiger charge is 2.53. The van der Waals surface area contributed by atoms with Crippen molar-refractivity contribution in [2.75, 3.05) is 7.11 Å². The summed E-state index contributed by atoms with van der Waals surface area (Å²) in [5.74, 6) is 0. The Hall–Kier alpha value is -1.03. The molecule has 0 radical (unpaired) electrons. The standard InChI is InChI=1S/C16H23F3O/c1-7-11-8-12(14(2,3)4)10-13(9-11)15(5,20-6)16(17,18)19/h8-10H,7H2,1-6H3. The second-order valence-electron chi connectivity index (χ2n) is 6.26. The monoisotopic (exact) mass is 288 g/mol. The van der Waals surface area contributed by atoms with Crippen LogP contribution in [0.4, 0.5) is 13.2 Å². The summed E-state index contributed by atoms with van der Waals surface area (Å²) in [6, 6.07) is 5.17. The van der Waals surface area contributed by atoms with E-state index >= 15 is 0 Å². The number of ether oxygens (including phenoxy) is 1. The third kappa shape index (κ3) is 3.17. The van der Waals surface area contributed by atoms with E-state index in [1.165, 1.54) is 0 Å². The van der Waals surface area contributed by atoms with Crippen molar-refractivity contribution in [1.82, 2.24) is 0 Å². The van der Waals surface area contributed by atoms with Crippen LogP contribution in [0.1, 0.15) is 51.3 Å². The van der Waals surface area contributed by atoms with Gasteiger partial charge in [-0.25, -0.2) is 0 Å². The van der Waals surface area contributed by atoms with Gasteiger partial charge in [0.05, 0.1) is 0 Å². The predicted molar refractivity (Wildman–Crippen MR) is 74.9 cm³/mol. The van der Waals surface area contributed by atoms with Crippen molar-refractivity contribution in [2.24, 2.45) is 0 Å². The zero-order valence-corrected chi connectivity index (χ0v) is 13.0. The number of rotatable bonds is 3. The molecule has 1 aromatic carbocycles. The molecule has 0 spiro atoms. The molecule has 0 aromatic heterocycles. The molecule has 0 saturated carbocycles. The summed E-state index contributed by atoms with van der Waals surface area (Å²) in [5, 5.41) is 0. The van der Waals surface area contributed by atoms with Gasteiger partial charge in [0.1, 0.15) is 0 Å². The van der Waals surface area contributed by atoms with Gasteiger partial charge in [-0.15, -0.1) is 0 Å². The Bertz CT molecular complexity index is 472. The van der Waals surface area contributed by atoms with Crippen molar-refractivity contribution < 1.29 is 17.9 Å². The topological polar surface area (TPSA) is 9.23 Å². The predicted octanol–water partition coefficient (Wildman–Crippen LogP) is 4.97. The SMILES string of the molecule is CCc1cc(C(C)(C)C)cc(C(C)(OC)C(F)(F)F)c1. The first-order valence-corrected chi connectivity index (χ1v) is 6.72. The fraction of sp³-hybridized carbons (Fsp3) is 0.625. The first-order chi connectivity index (χ1) is 8.95. The van der Waals surface area contributed by atoms with Crippen molar-refractivity contribution in [3.05, 3.63) is 34.9 Å². The molecule has 4 heteroatoms. The van der Waals surface area contributed by atoms with Crippen LogP contribution in [0.5, 0.6) is 0 Å². The highest BCUT2D eigenvalue weighted by Crippen LogP contribution is 2.42. The molecule has 0 fully saturated rings. The molecule has 0 amide bonds. The van der Waals surface area contributed by atoms with Crippen molar-refractivity contribution in [3.63, 3.8) is 0 Å². The van der Waals surface area contributed by atoms with Crippen LogP contribution in [0.2, 0.25) is 0 Å². The van der Waals surface area contributed by atoms with E-state index in [1.54, 1.807) is 12.1 Å².